The van der Waals surface area contributed by atoms with Gasteiger partial charge in [-0.15, -0.1) is 0 Å². The first-order chi connectivity index (χ1) is 9.76. The number of amides is 2. The van der Waals surface area contributed by atoms with Crippen molar-refractivity contribution >= 4 is 12.0 Å². The van der Waals surface area contributed by atoms with Crippen LogP contribution in [0.15, 0.2) is 0 Å². The Bertz CT molecular complexity index is 401. The van der Waals surface area contributed by atoms with Gasteiger partial charge in [0.1, 0.15) is 6.54 Å². The molecule has 2 fully saturated rings. The van der Waals surface area contributed by atoms with Crippen molar-refractivity contribution < 1.29 is 19.4 Å². The lowest BCUT2D eigenvalue weighted by Crippen LogP contribution is -2.53. The minimum Gasteiger partial charge on any atom is -0.480 e. The zero-order valence-corrected chi connectivity index (χ0v) is 13.2. The highest BCUT2D eigenvalue weighted by Gasteiger charge is 2.38. The number of urea groups is 1. The summed E-state index contributed by atoms with van der Waals surface area (Å²) in [5.41, 5.74) is -0.132. The average molecular weight is 298 g/mol. The standard InChI is InChI=1S/C15H26N2O4/c1-15(2,3)10-17(9-13(18)19)14(20)16-6-7-21-12(8-16)11-4-5-11/h11-12H,4-10H2,1-3H3,(H,18,19). The summed E-state index contributed by atoms with van der Waals surface area (Å²) >= 11 is 0. The molecular weight excluding hydrogens is 272 g/mol. The van der Waals surface area contributed by atoms with E-state index in [-0.39, 0.29) is 24.1 Å². The molecule has 1 aliphatic carbocycles. The fourth-order valence-corrected chi connectivity index (χ4v) is 2.73. The number of carbonyl (C=O) groups excluding carboxylic acids is 1. The Morgan fingerprint density at radius 1 is 1.33 bits per heavy atom. The van der Waals surface area contributed by atoms with Crippen LogP contribution < -0.4 is 0 Å². The van der Waals surface area contributed by atoms with E-state index in [1.54, 1.807) is 4.90 Å². The van der Waals surface area contributed by atoms with E-state index >= 15 is 0 Å². The number of morpholine rings is 1. The van der Waals surface area contributed by atoms with Crippen molar-refractivity contribution in [1.82, 2.24) is 9.80 Å². The lowest BCUT2D eigenvalue weighted by molar-refractivity contribution is -0.138. The second-order valence-corrected chi connectivity index (χ2v) is 7.29. The molecule has 2 aliphatic rings. The second-order valence-electron chi connectivity index (χ2n) is 7.29. The molecule has 0 aromatic carbocycles. The zero-order chi connectivity index (χ0) is 15.6. The largest absolute Gasteiger partial charge is 0.480 e. The van der Waals surface area contributed by atoms with Gasteiger partial charge in [-0.05, 0) is 24.2 Å². The van der Waals surface area contributed by atoms with Gasteiger partial charge in [-0.2, -0.15) is 0 Å². The van der Waals surface area contributed by atoms with Crippen molar-refractivity contribution in [2.24, 2.45) is 11.3 Å². The monoisotopic (exact) mass is 298 g/mol. The summed E-state index contributed by atoms with van der Waals surface area (Å²) < 4.78 is 5.72. The van der Waals surface area contributed by atoms with Crippen LogP contribution in [0.3, 0.4) is 0 Å². The van der Waals surface area contributed by atoms with Gasteiger partial charge < -0.3 is 19.6 Å². The van der Waals surface area contributed by atoms with E-state index in [0.717, 1.165) is 0 Å². The zero-order valence-electron chi connectivity index (χ0n) is 13.2. The van der Waals surface area contributed by atoms with Crippen molar-refractivity contribution in [3.8, 4) is 0 Å². The van der Waals surface area contributed by atoms with Crippen molar-refractivity contribution in [2.45, 2.75) is 39.7 Å². The third-order valence-corrected chi connectivity index (χ3v) is 3.77. The molecule has 1 N–H and O–H groups in total. The minimum absolute atomic E-state index is 0.129. The third-order valence-electron chi connectivity index (χ3n) is 3.77. The quantitative estimate of drug-likeness (QED) is 0.857. The van der Waals surface area contributed by atoms with Crippen LogP contribution in [0, 0.1) is 11.3 Å². The van der Waals surface area contributed by atoms with Crippen LogP contribution in [0.1, 0.15) is 33.6 Å². The molecule has 1 heterocycles. The van der Waals surface area contributed by atoms with E-state index in [1.807, 2.05) is 20.8 Å². The van der Waals surface area contributed by atoms with E-state index in [2.05, 4.69) is 0 Å². The smallest absolute Gasteiger partial charge is 0.323 e. The Kier molecular flexibility index (Phi) is 4.76. The molecule has 1 aliphatic heterocycles. The van der Waals surface area contributed by atoms with Gasteiger partial charge in [0.15, 0.2) is 0 Å². The van der Waals surface area contributed by atoms with Gasteiger partial charge in [-0.3, -0.25) is 4.79 Å². The number of aliphatic carboxylic acids is 1. The summed E-state index contributed by atoms with van der Waals surface area (Å²) in [6.07, 6.45) is 2.48. The van der Waals surface area contributed by atoms with Crippen molar-refractivity contribution in [2.75, 3.05) is 32.8 Å². The van der Waals surface area contributed by atoms with Crippen LogP contribution in [0.25, 0.3) is 0 Å². The highest BCUT2D eigenvalue weighted by Crippen LogP contribution is 2.35. The first kappa shape index (κ1) is 16.1. The van der Waals surface area contributed by atoms with Crippen LogP contribution >= 0.6 is 0 Å². The SMILES string of the molecule is CC(C)(C)CN(CC(=O)O)C(=O)N1CCOC(C2CC2)C1. The Hall–Kier alpha value is -1.30. The Morgan fingerprint density at radius 2 is 2.00 bits per heavy atom. The number of hydrogen-bond donors (Lipinski definition) is 1. The van der Waals surface area contributed by atoms with Crippen LogP contribution in [0.5, 0.6) is 0 Å². The first-order valence-corrected chi connectivity index (χ1v) is 7.63. The van der Waals surface area contributed by atoms with E-state index < -0.39 is 5.97 Å². The number of ether oxygens (including phenoxy) is 1. The number of hydrogen-bond acceptors (Lipinski definition) is 3. The maximum Gasteiger partial charge on any atom is 0.323 e. The molecule has 1 atom stereocenters. The number of carboxylic acid groups (broad SMARTS) is 1. The molecule has 1 saturated carbocycles. The first-order valence-electron chi connectivity index (χ1n) is 7.63. The molecule has 0 spiro atoms. The van der Waals surface area contributed by atoms with Gasteiger partial charge in [0.25, 0.3) is 0 Å². The maximum absolute atomic E-state index is 12.6. The maximum atomic E-state index is 12.6. The summed E-state index contributed by atoms with van der Waals surface area (Å²) in [6.45, 7) is 7.87. The molecule has 6 heteroatoms. The third kappa shape index (κ3) is 4.88. The summed E-state index contributed by atoms with van der Waals surface area (Å²) in [5.74, 6) is -0.393. The van der Waals surface area contributed by atoms with Crippen LogP contribution in [-0.2, 0) is 9.53 Å². The van der Waals surface area contributed by atoms with E-state index in [4.69, 9.17) is 9.84 Å². The van der Waals surface area contributed by atoms with E-state index in [1.165, 1.54) is 17.7 Å². The van der Waals surface area contributed by atoms with Gasteiger partial charge in [0, 0.05) is 19.6 Å². The fraction of sp³-hybridized carbons (Fsp3) is 0.867. The normalized spacial score (nSPS) is 23.0. The molecule has 0 aromatic heterocycles. The molecule has 0 aromatic rings. The predicted molar refractivity (Wildman–Crippen MR) is 78.1 cm³/mol. The molecule has 21 heavy (non-hydrogen) atoms. The van der Waals surface area contributed by atoms with Crippen LogP contribution in [-0.4, -0.2) is 65.8 Å². The molecule has 2 rings (SSSR count). The predicted octanol–water partition coefficient (Wildman–Crippen LogP) is 1.65. The van der Waals surface area contributed by atoms with E-state index in [9.17, 15) is 9.59 Å². The molecule has 0 bridgehead atoms. The molecule has 1 unspecified atom stereocenters. The number of carbonyl (C=O) groups is 2. The van der Waals surface area contributed by atoms with Gasteiger partial charge in [0.2, 0.25) is 0 Å². The van der Waals surface area contributed by atoms with Crippen molar-refractivity contribution in [3.05, 3.63) is 0 Å². The van der Waals surface area contributed by atoms with Gasteiger partial charge in [-0.1, -0.05) is 20.8 Å². The highest BCUT2D eigenvalue weighted by molar-refractivity contribution is 5.80. The van der Waals surface area contributed by atoms with Crippen LogP contribution in [0.2, 0.25) is 0 Å². The highest BCUT2D eigenvalue weighted by atomic mass is 16.5. The van der Waals surface area contributed by atoms with Gasteiger partial charge in [-0.25, -0.2) is 4.79 Å². The van der Waals surface area contributed by atoms with E-state index in [0.29, 0.717) is 32.2 Å². The lowest BCUT2D eigenvalue weighted by atomic mass is 9.96. The van der Waals surface area contributed by atoms with Crippen molar-refractivity contribution in [1.29, 1.82) is 0 Å². The fourth-order valence-electron chi connectivity index (χ4n) is 2.73. The summed E-state index contributed by atoms with van der Waals surface area (Å²) in [7, 11) is 0. The summed E-state index contributed by atoms with van der Waals surface area (Å²) in [4.78, 5) is 26.9. The molecule has 1 saturated heterocycles. The lowest BCUT2D eigenvalue weighted by Gasteiger charge is -2.38. The molecule has 120 valence electrons. The molecule has 0 radical (unpaired) electrons. The minimum atomic E-state index is -0.973. The Labute approximate surface area is 126 Å². The second kappa shape index (κ2) is 6.22. The molecule has 2 amide bonds. The molecule has 6 nitrogen and oxygen atoms in total. The number of rotatable bonds is 4. The molecular formula is C15H26N2O4. The van der Waals surface area contributed by atoms with Gasteiger partial charge >= 0.3 is 12.0 Å². The number of carboxylic acids is 1. The number of nitrogens with zero attached hydrogens (tertiary/aromatic N) is 2. The Balaban J connectivity index is 1.99. The topological polar surface area (TPSA) is 70.1 Å². The van der Waals surface area contributed by atoms with Crippen LogP contribution in [0.4, 0.5) is 4.79 Å². The summed E-state index contributed by atoms with van der Waals surface area (Å²) in [6, 6.07) is -0.179. The Morgan fingerprint density at radius 3 is 2.52 bits per heavy atom. The van der Waals surface area contributed by atoms with Gasteiger partial charge in [0.05, 0.1) is 12.7 Å². The average Bonchev–Trinajstić information content (AvgIpc) is 3.19. The van der Waals surface area contributed by atoms with Crippen molar-refractivity contribution in [3.63, 3.8) is 0 Å². The summed E-state index contributed by atoms with van der Waals surface area (Å²) in [5, 5.41) is 9.04.